The van der Waals surface area contributed by atoms with E-state index in [-0.39, 0.29) is 11.2 Å². The highest BCUT2D eigenvalue weighted by molar-refractivity contribution is 5.70. The van der Waals surface area contributed by atoms with Crippen molar-refractivity contribution in [2.45, 2.75) is 52.6 Å². The molecule has 1 aromatic rings. The van der Waals surface area contributed by atoms with Crippen LogP contribution >= 0.6 is 0 Å². The molecule has 0 unspecified atom stereocenters. The number of nitriles is 1. The SMILES string of the molecule is CC(C)(C)OC(=O)NNc1n[nH]c(C(C)(C)C)c1C#N. The average Bonchev–Trinajstić information content (AvgIpc) is 2.66. The summed E-state index contributed by atoms with van der Waals surface area (Å²) in [5, 5.41) is 16.0. The van der Waals surface area contributed by atoms with E-state index in [9.17, 15) is 10.1 Å². The standard InChI is InChI=1S/C13H21N5O2/c1-12(2,3)9-8(7-14)10(16-15-9)17-18-11(19)20-13(4,5)6/h1-6H3,(H,18,19)(H2,15,16,17). The Labute approximate surface area is 118 Å². The number of hydrogen-bond acceptors (Lipinski definition) is 5. The first-order chi connectivity index (χ1) is 9.04. The Morgan fingerprint density at radius 3 is 2.35 bits per heavy atom. The number of carbonyl (C=O) groups excluding carboxylic acids is 1. The third-order valence-electron chi connectivity index (χ3n) is 2.31. The highest BCUT2D eigenvalue weighted by Crippen LogP contribution is 2.27. The normalized spacial score (nSPS) is 11.7. The number of anilines is 1. The summed E-state index contributed by atoms with van der Waals surface area (Å²) in [6.45, 7) is 11.2. The van der Waals surface area contributed by atoms with Crippen LogP contribution in [-0.2, 0) is 10.2 Å². The van der Waals surface area contributed by atoms with Gasteiger partial charge in [-0.1, -0.05) is 20.8 Å². The Kier molecular flexibility index (Phi) is 4.28. The smallest absolute Gasteiger partial charge is 0.426 e. The molecule has 0 atom stereocenters. The van der Waals surface area contributed by atoms with Crippen molar-refractivity contribution in [3.05, 3.63) is 11.3 Å². The molecule has 7 heteroatoms. The van der Waals surface area contributed by atoms with Crippen LogP contribution in [0.1, 0.15) is 52.8 Å². The van der Waals surface area contributed by atoms with Gasteiger partial charge in [0.1, 0.15) is 17.2 Å². The number of hydrazine groups is 1. The maximum absolute atomic E-state index is 11.5. The van der Waals surface area contributed by atoms with Crippen molar-refractivity contribution in [1.29, 1.82) is 5.26 Å². The van der Waals surface area contributed by atoms with Crippen LogP contribution in [0, 0.1) is 11.3 Å². The molecule has 20 heavy (non-hydrogen) atoms. The van der Waals surface area contributed by atoms with Gasteiger partial charge in [-0.05, 0) is 20.8 Å². The lowest BCUT2D eigenvalue weighted by atomic mass is 9.90. The van der Waals surface area contributed by atoms with E-state index in [0.717, 1.165) is 0 Å². The largest absolute Gasteiger partial charge is 0.443 e. The third-order valence-corrected chi connectivity index (χ3v) is 2.31. The number of rotatable bonds is 2. The maximum Gasteiger partial charge on any atom is 0.426 e. The minimum atomic E-state index is -0.637. The third kappa shape index (κ3) is 4.16. The van der Waals surface area contributed by atoms with E-state index in [4.69, 9.17) is 4.74 Å². The molecule has 0 aromatic carbocycles. The molecule has 110 valence electrons. The van der Waals surface area contributed by atoms with Gasteiger partial charge >= 0.3 is 6.09 Å². The van der Waals surface area contributed by atoms with Crippen molar-refractivity contribution in [3.63, 3.8) is 0 Å². The second-order valence-electron chi connectivity index (χ2n) is 6.44. The molecule has 0 aliphatic rings. The number of nitrogens with one attached hydrogen (secondary N) is 3. The minimum absolute atomic E-state index is 0.246. The molecule has 3 N–H and O–H groups in total. The van der Waals surface area contributed by atoms with Gasteiger partial charge in [0.25, 0.3) is 0 Å². The molecule has 0 fully saturated rings. The van der Waals surface area contributed by atoms with Crippen LogP contribution < -0.4 is 10.9 Å². The number of hydrogen-bond donors (Lipinski definition) is 3. The minimum Gasteiger partial charge on any atom is -0.443 e. The van der Waals surface area contributed by atoms with Crippen LogP contribution in [0.2, 0.25) is 0 Å². The number of amides is 1. The van der Waals surface area contributed by atoms with E-state index in [2.05, 4.69) is 27.1 Å². The predicted octanol–water partition coefficient (Wildman–Crippen LogP) is 2.43. The molecular formula is C13H21N5O2. The number of ether oxygens (including phenoxy) is 1. The van der Waals surface area contributed by atoms with E-state index in [1.54, 1.807) is 20.8 Å². The first-order valence-electron chi connectivity index (χ1n) is 6.28. The predicted molar refractivity (Wildman–Crippen MR) is 75.0 cm³/mol. The van der Waals surface area contributed by atoms with Gasteiger partial charge in [-0.15, -0.1) is 0 Å². The molecule has 1 amide bonds. The average molecular weight is 279 g/mol. The van der Waals surface area contributed by atoms with Crippen molar-refractivity contribution < 1.29 is 9.53 Å². The Morgan fingerprint density at radius 1 is 1.30 bits per heavy atom. The van der Waals surface area contributed by atoms with Crippen LogP contribution in [-0.4, -0.2) is 21.9 Å². The summed E-state index contributed by atoms with van der Waals surface area (Å²) in [5.74, 6) is 0.267. The molecule has 1 aromatic heterocycles. The monoisotopic (exact) mass is 279 g/mol. The summed E-state index contributed by atoms with van der Waals surface area (Å²) in [6, 6.07) is 2.07. The lowest BCUT2D eigenvalue weighted by molar-refractivity contribution is 0.0541. The number of carbonyl (C=O) groups is 1. The zero-order valence-electron chi connectivity index (χ0n) is 12.7. The summed E-state index contributed by atoms with van der Waals surface area (Å²) in [7, 11) is 0. The maximum atomic E-state index is 11.5. The zero-order valence-corrected chi connectivity index (χ0v) is 12.7. The molecule has 1 heterocycles. The molecule has 0 aliphatic carbocycles. The van der Waals surface area contributed by atoms with Crippen LogP contribution in [0.15, 0.2) is 0 Å². The summed E-state index contributed by atoms with van der Waals surface area (Å²) in [6.07, 6.45) is -0.637. The first-order valence-corrected chi connectivity index (χ1v) is 6.28. The molecule has 1 rings (SSSR count). The fourth-order valence-corrected chi connectivity index (χ4v) is 1.50. The first kappa shape index (κ1) is 15.8. The van der Waals surface area contributed by atoms with Gasteiger partial charge in [0.15, 0.2) is 5.82 Å². The van der Waals surface area contributed by atoms with E-state index >= 15 is 0 Å². The highest BCUT2D eigenvalue weighted by atomic mass is 16.6. The molecule has 0 bridgehead atoms. The number of H-pyrrole nitrogens is 1. The van der Waals surface area contributed by atoms with Crippen LogP contribution in [0.25, 0.3) is 0 Å². The topological polar surface area (TPSA) is 103 Å². The van der Waals surface area contributed by atoms with Crippen LogP contribution in [0.5, 0.6) is 0 Å². The van der Waals surface area contributed by atoms with Crippen molar-refractivity contribution in [2.24, 2.45) is 0 Å². The number of aromatic nitrogens is 2. The Morgan fingerprint density at radius 2 is 1.90 bits per heavy atom. The lowest BCUT2D eigenvalue weighted by Crippen LogP contribution is -2.36. The van der Waals surface area contributed by atoms with Crippen molar-refractivity contribution >= 4 is 11.9 Å². The second-order valence-corrected chi connectivity index (χ2v) is 6.44. The van der Waals surface area contributed by atoms with E-state index in [1.165, 1.54) is 0 Å². The van der Waals surface area contributed by atoms with Crippen LogP contribution in [0.3, 0.4) is 0 Å². The van der Waals surface area contributed by atoms with Crippen LogP contribution in [0.4, 0.5) is 10.6 Å². The van der Waals surface area contributed by atoms with Crippen molar-refractivity contribution in [1.82, 2.24) is 15.6 Å². The quantitative estimate of drug-likeness (QED) is 0.721. The summed E-state index contributed by atoms with van der Waals surface area (Å²) >= 11 is 0. The van der Waals surface area contributed by atoms with Gasteiger partial charge in [0, 0.05) is 5.41 Å². The van der Waals surface area contributed by atoms with Gasteiger partial charge in [-0.25, -0.2) is 10.2 Å². The van der Waals surface area contributed by atoms with Gasteiger partial charge in [0.2, 0.25) is 0 Å². The van der Waals surface area contributed by atoms with Crippen molar-refractivity contribution in [2.75, 3.05) is 5.43 Å². The highest BCUT2D eigenvalue weighted by Gasteiger charge is 2.24. The Hall–Kier alpha value is -2.23. The Balaban J connectivity index is 2.78. The molecular weight excluding hydrogens is 258 g/mol. The molecule has 0 aliphatic heterocycles. The fourth-order valence-electron chi connectivity index (χ4n) is 1.50. The Bertz CT molecular complexity index is 528. The zero-order chi connectivity index (χ0) is 15.6. The number of aromatic amines is 1. The lowest BCUT2D eigenvalue weighted by Gasteiger charge is -2.19. The molecule has 0 spiro atoms. The van der Waals surface area contributed by atoms with Gasteiger partial charge < -0.3 is 4.74 Å². The van der Waals surface area contributed by atoms with Crippen molar-refractivity contribution in [3.8, 4) is 6.07 Å². The summed E-state index contributed by atoms with van der Waals surface area (Å²) in [5.41, 5.74) is 5.17. The van der Waals surface area contributed by atoms with Gasteiger partial charge in [0.05, 0.1) is 5.69 Å². The van der Waals surface area contributed by atoms with Gasteiger partial charge in [-0.3, -0.25) is 10.5 Å². The summed E-state index contributed by atoms with van der Waals surface area (Å²) in [4.78, 5) is 11.5. The molecule has 0 radical (unpaired) electrons. The molecule has 0 saturated heterocycles. The van der Waals surface area contributed by atoms with E-state index < -0.39 is 11.7 Å². The fraction of sp³-hybridized carbons (Fsp3) is 0.615. The number of nitrogens with zero attached hydrogens (tertiary/aromatic N) is 2. The van der Waals surface area contributed by atoms with Gasteiger partial charge in [-0.2, -0.15) is 10.4 Å². The molecule has 0 saturated carbocycles. The van der Waals surface area contributed by atoms with E-state index in [1.807, 2.05) is 20.8 Å². The molecule has 7 nitrogen and oxygen atoms in total. The summed E-state index contributed by atoms with van der Waals surface area (Å²) < 4.78 is 5.07. The van der Waals surface area contributed by atoms with E-state index in [0.29, 0.717) is 11.3 Å². The second kappa shape index (κ2) is 5.41.